The van der Waals surface area contributed by atoms with Crippen LogP contribution >= 0.6 is 11.6 Å². The fourth-order valence-electron chi connectivity index (χ4n) is 1.91. The third-order valence-electron chi connectivity index (χ3n) is 2.81. The number of H-pyrrole nitrogens is 1. The Morgan fingerprint density at radius 1 is 1.37 bits per heavy atom. The standard InChI is InChI=1S/C10H9ClN6O2/c11-10-16-7-6(12-3-13-7)8(17-10)14-4-1-2-5(18)15-9(4)19/h3-4H,1-2H2,(H,15,18,19)(H2,12,13,14,16,17). The Morgan fingerprint density at radius 2 is 2.21 bits per heavy atom. The van der Waals surface area contributed by atoms with Crippen molar-refractivity contribution in [3.8, 4) is 0 Å². The van der Waals surface area contributed by atoms with Crippen molar-refractivity contribution < 1.29 is 9.59 Å². The molecule has 2 amide bonds. The second-order valence-electron chi connectivity index (χ2n) is 4.09. The van der Waals surface area contributed by atoms with Crippen LogP contribution in [0.2, 0.25) is 5.28 Å². The molecule has 1 fully saturated rings. The number of imide groups is 1. The fraction of sp³-hybridized carbons (Fsp3) is 0.300. The monoisotopic (exact) mass is 280 g/mol. The summed E-state index contributed by atoms with van der Waals surface area (Å²) in [6.45, 7) is 0. The van der Waals surface area contributed by atoms with E-state index in [0.717, 1.165) is 0 Å². The highest BCUT2D eigenvalue weighted by molar-refractivity contribution is 6.28. The quantitative estimate of drug-likeness (QED) is 0.536. The van der Waals surface area contributed by atoms with Crippen molar-refractivity contribution >= 4 is 40.4 Å². The summed E-state index contributed by atoms with van der Waals surface area (Å²) >= 11 is 5.79. The molecule has 9 heteroatoms. The summed E-state index contributed by atoms with van der Waals surface area (Å²) in [7, 11) is 0. The Labute approximate surface area is 112 Å². The molecule has 0 spiro atoms. The number of fused-ring (bicyclic) bond motifs is 1. The predicted molar refractivity (Wildman–Crippen MR) is 66.5 cm³/mol. The highest BCUT2D eigenvalue weighted by Gasteiger charge is 2.27. The summed E-state index contributed by atoms with van der Waals surface area (Å²) < 4.78 is 0. The number of carbonyl (C=O) groups excluding carboxylic acids is 2. The van der Waals surface area contributed by atoms with Gasteiger partial charge in [-0.05, 0) is 18.0 Å². The van der Waals surface area contributed by atoms with Gasteiger partial charge in [0.1, 0.15) is 11.6 Å². The fourth-order valence-corrected chi connectivity index (χ4v) is 2.07. The van der Waals surface area contributed by atoms with Crippen molar-refractivity contribution in [3.63, 3.8) is 0 Å². The highest BCUT2D eigenvalue weighted by atomic mass is 35.5. The third-order valence-corrected chi connectivity index (χ3v) is 2.98. The number of piperidine rings is 1. The van der Waals surface area contributed by atoms with Gasteiger partial charge in [-0.15, -0.1) is 0 Å². The first-order valence-electron chi connectivity index (χ1n) is 5.60. The molecule has 2 aromatic heterocycles. The molecule has 8 nitrogen and oxygen atoms in total. The van der Waals surface area contributed by atoms with E-state index in [1.165, 1.54) is 6.33 Å². The van der Waals surface area contributed by atoms with E-state index in [0.29, 0.717) is 23.4 Å². The van der Waals surface area contributed by atoms with E-state index >= 15 is 0 Å². The number of anilines is 1. The van der Waals surface area contributed by atoms with Crippen molar-refractivity contribution in [1.82, 2.24) is 25.3 Å². The van der Waals surface area contributed by atoms with E-state index in [9.17, 15) is 9.59 Å². The number of aromatic amines is 1. The van der Waals surface area contributed by atoms with Crippen LogP contribution < -0.4 is 10.6 Å². The number of hydrogen-bond donors (Lipinski definition) is 3. The van der Waals surface area contributed by atoms with Gasteiger partial charge < -0.3 is 10.3 Å². The van der Waals surface area contributed by atoms with Crippen LogP contribution in [0.5, 0.6) is 0 Å². The summed E-state index contributed by atoms with van der Waals surface area (Å²) in [5, 5.41) is 5.25. The summed E-state index contributed by atoms with van der Waals surface area (Å²) in [5.74, 6) is -0.254. The first kappa shape index (κ1) is 11.8. The molecule has 0 aliphatic carbocycles. The lowest BCUT2D eigenvalue weighted by atomic mass is 10.1. The molecule has 2 aromatic rings. The molecule has 3 heterocycles. The molecule has 1 aliphatic heterocycles. The van der Waals surface area contributed by atoms with Crippen LogP contribution in [0.25, 0.3) is 11.2 Å². The van der Waals surface area contributed by atoms with Gasteiger partial charge in [-0.1, -0.05) is 0 Å². The molecular formula is C10H9ClN6O2. The van der Waals surface area contributed by atoms with Crippen LogP contribution in [0.3, 0.4) is 0 Å². The van der Waals surface area contributed by atoms with Crippen LogP contribution in [0.1, 0.15) is 12.8 Å². The Kier molecular flexibility index (Phi) is 2.79. The molecule has 0 bridgehead atoms. The molecule has 0 aromatic carbocycles. The van der Waals surface area contributed by atoms with Crippen molar-refractivity contribution in [2.24, 2.45) is 0 Å². The lowest BCUT2D eigenvalue weighted by molar-refractivity contribution is -0.133. The number of amides is 2. The normalized spacial score (nSPS) is 19.5. The molecule has 1 atom stereocenters. The average Bonchev–Trinajstić information content (AvgIpc) is 2.80. The van der Waals surface area contributed by atoms with Crippen molar-refractivity contribution in [1.29, 1.82) is 0 Å². The second-order valence-corrected chi connectivity index (χ2v) is 4.43. The van der Waals surface area contributed by atoms with E-state index in [-0.39, 0.29) is 23.5 Å². The van der Waals surface area contributed by atoms with Crippen molar-refractivity contribution in [2.75, 3.05) is 5.32 Å². The first-order chi connectivity index (χ1) is 9.13. The van der Waals surface area contributed by atoms with Gasteiger partial charge in [-0.25, -0.2) is 4.98 Å². The molecule has 3 N–H and O–H groups in total. The Balaban J connectivity index is 1.91. The SMILES string of the molecule is O=C1CCC(Nc2nc(Cl)nc3nc[nH]c23)C(=O)N1. The highest BCUT2D eigenvalue weighted by Crippen LogP contribution is 2.20. The van der Waals surface area contributed by atoms with E-state index in [4.69, 9.17) is 11.6 Å². The zero-order valence-corrected chi connectivity index (χ0v) is 10.4. The Bertz CT molecular complexity index is 669. The maximum Gasteiger partial charge on any atom is 0.249 e. The van der Waals surface area contributed by atoms with Gasteiger partial charge in [0.2, 0.25) is 17.1 Å². The summed E-state index contributed by atoms with van der Waals surface area (Å²) in [6, 6.07) is -0.532. The Morgan fingerprint density at radius 3 is 3.00 bits per heavy atom. The van der Waals surface area contributed by atoms with Crippen molar-refractivity contribution in [2.45, 2.75) is 18.9 Å². The number of carbonyl (C=O) groups is 2. The molecule has 3 rings (SSSR count). The molecule has 98 valence electrons. The van der Waals surface area contributed by atoms with Crippen LogP contribution in [-0.4, -0.2) is 37.8 Å². The summed E-state index contributed by atoms with van der Waals surface area (Å²) in [5.41, 5.74) is 0.976. The third kappa shape index (κ3) is 2.22. The van der Waals surface area contributed by atoms with Gasteiger partial charge in [0, 0.05) is 6.42 Å². The number of nitrogens with one attached hydrogen (secondary N) is 3. The van der Waals surface area contributed by atoms with Crippen LogP contribution in [0.15, 0.2) is 6.33 Å². The number of aromatic nitrogens is 4. The second kappa shape index (κ2) is 4.47. The zero-order valence-electron chi connectivity index (χ0n) is 9.61. The minimum absolute atomic E-state index is 0.0365. The molecular weight excluding hydrogens is 272 g/mol. The minimum Gasteiger partial charge on any atom is -0.356 e. The van der Waals surface area contributed by atoms with Gasteiger partial charge in [-0.3, -0.25) is 14.9 Å². The molecule has 0 saturated carbocycles. The topological polar surface area (TPSA) is 113 Å². The zero-order chi connectivity index (χ0) is 13.4. The summed E-state index contributed by atoms with van der Waals surface area (Å²) in [4.78, 5) is 37.6. The molecule has 19 heavy (non-hydrogen) atoms. The van der Waals surface area contributed by atoms with Gasteiger partial charge in [0.05, 0.1) is 6.33 Å². The number of nitrogens with zero attached hydrogens (tertiary/aromatic N) is 3. The average molecular weight is 281 g/mol. The summed E-state index contributed by atoms with van der Waals surface area (Å²) in [6.07, 6.45) is 2.15. The van der Waals surface area contributed by atoms with Crippen molar-refractivity contribution in [3.05, 3.63) is 11.6 Å². The lowest BCUT2D eigenvalue weighted by Gasteiger charge is -2.22. The number of halogens is 1. The van der Waals surface area contributed by atoms with Crippen LogP contribution in [0.4, 0.5) is 5.82 Å². The number of imidazole rings is 1. The van der Waals surface area contributed by atoms with Gasteiger partial charge in [0.15, 0.2) is 11.5 Å². The first-order valence-corrected chi connectivity index (χ1v) is 5.98. The maximum absolute atomic E-state index is 11.7. The number of hydrogen-bond acceptors (Lipinski definition) is 6. The van der Waals surface area contributed by atoms with E-state index in [1.807, 2.05) is 0 Å². The molecule has 0 radical (unpaired) electrons. The van der Waals surface area contributed by atoms with Crippen LogP contribution in [0, 0.1) is 0 Å². The van der Waals surface area contributed by atoms with E-state index in [1.54, 1.807) is 0 Å². The van der Waals surface area contributed by atoms with Gasteiger partial charge in [0.25, 0.3) is 0 Å². The number of rotatable bonds is 2. The molecule has 1 aliphatic rings. The van der Waals surface area contributed by atoms with Crippen LogP contribution in [-0.2, 0) is 9.59 Å². The molecule has 1 unspecified atom stereocenters. The van der Waals surface area contributed by atoms with Gasteiger partial charge >= 0.3 is 0 Å². The maximum atomic E-state index is 11.7. The molecule has 1 saturated heterocycles. The largest absolute Gasteiger partial charge is 0.356 e. The predicted octanol–water partition coefficient (Wildman–Crippen LogP) is 0.223. The minimum atomic E-state index is -0.532. The Hall–Kier alpha value is -2.22. The van der Waals surface area contributed by atoms with E-state index in [2.05, 4.69) is 30.6 Å². The smallest absolute Gasteiger partial charge is 0.249 e. The van der Waals surface area contributed by atoms with Gasteiger partial charge in [-0.2, -0.15) is 9.97 Å². The van der Waals surface area contributed by atoms with E-state index < -0.39 is 6.04 Å². The lowest BCUT2D eigenvalue weighted by Crippen LogP contribution is -2.47.